The average Bonchev–Trinajstić information content (AvgIpc) is 3.36. The summed E-state index contributed by atoms with van der Waals surface area (Å²) in [6.45, 7) is 1.66. The van der Waals surface area contributed by atoms with Crippen molar-refractivity contribution in [2.24, 2.45) is 11.3 Å². The van der Waals surface area contributed by atoms with Crippen molar-refractivity contribution in [2.45, 2.75) is 25.4 Å². The maximum Gasteiger partial charge on any atom is 0.223 e. The number of H-pyrrole nitrogens is 1. The summed E-state index contributed by atoms with van der Waals surface area (Å²) in [5, 5.41) is 3.93. The predicted octanol–water partition coefficient (Wildman–Crippen LogP) is 3.32. The fraction of sp³-hybridized carbons (Fsp3) is 0.409. The van der Waals surface area contributed by atoms with E-state index in [4.69, 9.17) is 0 Å². The molecule has 1 amide bonds. The van der Waals surface area contributed by atoms with E-state index in [-0.39, 0.29) is 23.8 Å². The largest absolute Gasteiger partial charge is 0.355 e. The molecule has 1 aromatic carbocycles. The fourth-order valence-corrected chi connectivity index (χ4v) is 4.71. The van der Waals surface area contributed by atoms with Gasteiger partial charge in [-0.3, -0.25) is 4.79 Å². The van der Waals surface area contributed by atoms with Gasteiger partial charge in [-0.1, -0.05) is 30.3 Å². The summed E-state index contributed by atoms with van der Waals surface area (Å²) in [5.41, 5.74) is 1.49. The first kappa shape index (κ1) is 19.0. The number of amides is 1. The van der Waals surface area contributed by atoms with Gasteiger partial charge >= 0.3 is 0 Å². The second-order valence-electron chi connectivity index (χ2n) is 8.30. The van der Waals surface area contributed by atoms with Gasteiger partial charge in [0.15, 0.2) is 0 Å². The van der Waals surface area contributed by atoms with Crippen LogP contribution < -0.4 is 10.2 Å². The lowest BCUT2D eigenvalue weighted by Gasteiger charge is -2.39. The summed E-state index contributed by atoms with van der Waals surface area (Å²) < 4.78 is 13.1. The van der Waals surface area contributed by atoms with Crippen LogP contribution in [0.4, 0.5) is 10.3 Å². The van der Waals surface area contributed by atoms with Crippen LogP contribution in [-0.2, 0) is 9.74 Å². The molecule has 5 rings (SSSR count). The molecule has 2 aliphatic rings. The number of nitrogens with one attached hydrogen (secondary N) is 2. The number of aromatic amines is 1. The molecule has 0 radical (unpaired) electrons. The Bertz CT molecular complexity index is 1040. The molecule has 0 unspecified atom stereocenters. The zero-order valence-corrected chi connectivity index (χ0v) is 16.6. The Morgan fingerprint density at radius 3 is 2.90 bits per heavy atom. The predicted molar refractivity (Wildman–Crippen MR) is 110 cm³/mol. The molecular weight excluding hydrogens is 385 g/mol. The number of fused-ring (bicyclic) bond motifs is 1. The number of benzene rings is 1. The molecule has 2 N–H and O–H groups in total. The highest BCUT2D eigenvalue weighted by atomic mass is 19.3. The Morgan fingerprint density at radius 2 is 2.13 bits per heavy atom. The van der Waals surface area contributed by atoms with Crippen molar-refractivity contribution in [1.82, 2.24) is 20.3 Å². The van der Waals surface area contributed by atoms with Crippen LogP contribution in [0.3, 0.4) is 0 Å². The maximum absolute atomic E-state index is 13.1. The summed E-state index contributed by atoms with van der Waals surface area (Å²) in [6, 6.07) is 11.1. The lowest BCUT2D eigenvalue weighted by Crippen LogP contribution is -2.48. The van der Waals surface area contributed by atoms with Gasteiger partial charge in [0.2, 0.25) is 5.91 Å². The normalized spacial score (nSPS) is 21.0. The molecule has 7 nitrogen and oxygen atoms in total. The summed E-state index contributed by atoms with van der Waals surface area (Å²) in [7, 11) is 0. The van der Waals surface area contributed by atoms with Gasteiger partial charge in [0.25, 0.3) is 0 Å². The average molecular weight is 409 g/mol. The number of hydrogen-bond donors (Lipinski definition) is 2. The van der Waals surface area contributed by atoms with Crippen LogP contribution in [0.1, 0.15) is 30.9 Å². The van der Waals surface area contributed by atoms with E-state index >= 15 is 0 Å². The van der Waals surface area contributed by atoms with E-state index in [9.17, 15) is 9.32 Å². The summed E-state index contributed by atoms with van der Waals surface area (Å²) in [5.74, 6) is 0.828. The standard InChI is InChI=1S/C22H24FN5O2/c23-30-18(15-4-2-1-3-5-15)12-25-21(29)17-7-11-28(13-22(17)8-9-22)20-16-6-10-24-19(16)26-14-27-20/h1-6,10,14,17-18H,7-9,11-13H2,(H,25,29)(H,24,26,27)/t17-,18-/m1/s1. The number of carbonyl (C=O) groups is 1. The van der Waals surface area contributed by atoms with E-state index in [1.807, 2.05) is 30.5 Å². The number of nitrogens with zero attached hydrogens (tertiary/aromatic N) is 3. The molecular formula is C22H24FN5O2. The van der Waals surface area contributed by atoms with E-state index in [0.29, 0.717) is 5.56 Å². The maximum atomic E-state index is 13.1. The number of rotatable bonds is 6. The number of carbonyl (C=O) groups excluding carboxylic acids is 1. The summed E-state index contributed by atoms with van der Waals surface area (Å²) >= 11 is 0. The molecule has 3 aromatic rings. The first-order chi connectivity index (χ1) is 14.7. The lowest BCUT2D eigenvalue weighted by atomic mass is 9.81. The van der Waals surface area contributed by atoms with Crippen LogP contribution >= 0.6 is 0 Å². The second kappa shape index (κ2) is 7.68. The van der Waals surface area contributed by atoms with Gasteiger partial charge in [-0.2, -0.15) is 4.94 Å². The van der Waals surface area contributed by atoms with Crippen molar-refractivity contribution in [3.05, 3.63) is 54.5 Å². The van der Waals surface area contributed by atoms with E-state index in [1.165, 1.54) is 0 Å². The van der Waals surface area contributed by atoms with E-state index in [0.717, 1.165) is 49.2 Å². The fourth-order valence-electron chi connectivity index (χ4n) is 4.71. The Balaban J connectivity index is 1.26. The lowest BCUT2D eigenvalue weighted by molar-refractivity contribution is -0.181. The van der Waals surface area contributed by atoms with E-state index in [1.54, 1.807) is 18.5 Å². The quantitative estimate of drug-likeness (QED) is 0.653. The third kappa shape index (κ3) is 3.41. The highest BCUT2D eigenvalue weighted by molar-refractivity contribution is 5.87. The first-order valence-electron chi connectivity index (χ1n) is 10.3. The van der Waals surface area contributed by atoms with Crippen LogP contribution in [0.2, 0.25) is 0 Å². The van der Waals surface area contributed by atoms with Gasteiger partial charge in [-0.25, -0.2) is 9.97 Å². The zero-order valence-electron chi connectivity index (χ0n) is 16.6. The van der Waals surface area contributed by atoms with Crippen LogP contribution in [0, 0.1) is 11.3 Å². The van der Waals surface area contributed by atoms with E-state index in [2.05, 4.69) is 30.1 Å². The van der Waals surface area contributed by atoms with Crippen LogP contribution in [0.15, 0.2) is 48.9 Å². The molecule has 8 heteroatoms. The smallest absolute Gasteiger partial charge is 0.223 e. The third-order valence-corrected chi connectivity index (χ3v) is 6.51. The minimum atomic E-state index is -0.798. The molecule has 1 saturated carbocycles. The molecule has 30 heavy (non-hydrogen) atoms. The highest BCUT2D eigenvalue weighted by Crippen LogP contribution is 2.56. The summed E-state index contributed by atoms with van der Waals surface area (Å²) in [4.78, 5) is 31.3. The minimum Gasteiger partial charge on any atom is -0.355 e. The van der Waals surface area contributed by atoms with Crippen LogP contribution in [0.5, 0.6) is 0 Å². The van der Waals surface area contributed by atoms with Gasteiger partial charge in [-0.15, -0.1) is 0 Å². The Labute approximate surface area is 173 Å². The molecule has 3 heterocycles. The molecule has 1 aliphatic heterocycles. The molecule has 1 aliphatic carbocycles. The molecule has 1 spiro atoms. The number of piperidine rings is 1. The number of hydrogen-bond acceptors (Lipinski definition) is 5. The van der Waals surface area contributed by atoms with Gasteiger partial charge in [0.05, 0.1) is 11.9 Å². The van der Waals surface area contributed by atoms with Gasteiger partial charge in [0, 0.05) is 25.2 Å². The van der Waals surface area contributed by atoms with Gasteiger partial charge < -0.3 is 15.2 Å². The molecule has 2 atom stereocenters. The van der Waals surface area contributed by atoms with Crippen molar-refractivity contribution in [3.8, 4) is 0 Å². The van der Waals surface area contributed by atoms with Crippen molar-refractivity contribution in [2.75, 3.05) is 24.5 Å². The Kier molecular flexibility index (Phi) is 4.86. The topological polar surface area (TPSA) is 83.1 Å². The second-order valence-corrected chi connectivity index (χ2v) is 8.30. The third-order valence-electron chi connectivity index (χ3n) is 6.51. The SMILES string of the molecule is O=C(NC[C@@H](OF)c1ccccc1)[C@H]1CCN(c2ncnc3[nH]ccc23)CC12CC2. The number of anilines is 1. The Morgan fingerprint density at radius 1 is 1.30 bits per heavy atom. The van der Waals surface area contributed by atoms with Crippen LogP contribution in [-0.4, -0.2) is 40.5 Å². The van der Waals surface area contributed by atoms with Crippen LogP contribution in [0.25, 0.3) is 11.0 Å². The molecule has 0 bridgehead atoms. The number of halogens is 1. The molecule has 1 saturated heterocycles. The van der Waals surface area contributed by atoms with E-state index < -0.39 is 6.10 Å². The van der Waals surface area contributed by atoms with Crippen molar-refractivity contribution in [3.63, 3.8) is 0 Å². The van der Waals surface area contributed by atoms with Crippen molar-refractivity contribution >= 4 is 22.8 Å². The molecule has 2 fully saturated rings. The minimum absolute atomic E-state index is 0.0142. The first-order valence-corrected chi connectivity index (χ1v) is 10.3. The van der Waals surface area contributed by atoms with Crippen molar-refractivity contribution in [1.29, 1.82) is 0 Å². The monoisotopic (exact) mass is 409 g/mol. The van der Waals surface area contributed by atoms with Gasteiger partial charge in [-0.05, 0) is 40.8 Å². The Hall–Kier alpha value is -3.00. The van der Waals surface area contributed by atoms with Crippen molar-refractivity contribution < 1.29 is 14.3 Å². The number of aromatic nitrogens is 3. The molecule has 2 aromatic heterocycles. The highest BCUT2D eigenvalue weighted by Gasteiger charge is 2.55. The van der Waals surface area contributed by atoms with Gasteiger partial charge in [0.1, 0.15) is 23.9 Å². The zero-order chi connectivity index (χ0) is 20.6. The molecule has 156 valence electrons. The summed E-state index contributed by atoms with van der Waals surface area (Å²) in [6.07, 6.45) is 5.43.